The van der Waals surface area contributed by atoms with Crippen molar-refractivity contribution in [1.82, 2.24) is 9.97 Å². The fourth-order valence-electron chi connectivity index (χ4n) is 2.21. The van der Waals surface area contributed by atoms with Crippen molar-refractivity contribution in [3.8, 4) is 0 Å². The molecule has 1 aromatic heterocycles. The predicted octanol–water partition coefficient (Wildman–Crippen LogP) is 3.27. The molecule has 0 amide bonds. The average Bonchev–Trinajstić information content (AvgIpc) is 2.29. The minimum absolute atomic E-state index is 0.406. The van der Waals surface area contributed by atoms with Crippen molar-refractivity contribution >= 4 is 11.6 Å². The quantitative estimate of drug-likeness (QED) is 0.841. The first-order valence-corrected chi connectivity index (χ1v) is 6.88. The predicted molar refractivity (Wildman–Crippen MR) is 78.4 cm³/mol. The van der Waals surface area contributed by atoms with E-state index in [9.17, 15) is 0 Å². The second-order valence-electron chi connectivity index (χ2n) is 5.02. The van der Waals surface area contributed by atoms with E-state index in [1.165, 1.54) is 5.56 Å². The Kier molecular flexibility index (Phi) is 5.38. The van der Waals surface area contributed by atoms with E-state index < -0.39 is 0 Å². The van der Waals surface area contributed by atoms with Crippen LogP contribution in [-0.2, 0) is 0 Å². The van der Waals surface area contributed by atoms with Crippen LogP contribution in [0.2, 0.25) is 0 Å². The van der Waals surface area contributed by atoms with Crippen LogP contribution in [0.15, 0.2) is 6.33 Å². The highest BCUT2D eigenvalue weighted by atomic mass is 15.2. The topological polar surface area (TPSA) is 41.1 Å². The molecule has 0 saturated carbocycles. The number of hydrogen-bond donors (Lipinski definition) is 1. The highest BCUT2D eigenvalue weighted by molar-refractivity contribution is 5.60. The maximum atomic E-state index is 4.51. The van der Waals surface area contributed by atoms with Gasteiger partial charge in [0.05, 0.1) is 0 Å². The molecule has 0 aliphatic rings. The largest absolute Gasteiger partial charge is 0.370 e. The van der Waals surface area contributed by atoms with Crippen LogP contribution in [0.5, 0.6) is 0 Å². The molecule has 4 heteroatoms. The van der Waals surface area contributed by atoms with Gasteiger partial charge < -0.3 is 10.2 Å². The van der Waals surface area contributed by atoms with Crippen LogP contribution < -0.4 is 10.2 Å². The van der Waals surface area contributed by atoms with Crippen LogP contribution >= 0.6 is 0 Å². The van der Waals surface area contributed by atoms with Gasteiger partial charge in [-0.1, -0.05) is 13.8 Å². The summed E-state index contributed by atoms with van der Waals surface area (Å²) in [4.78, 5) is 11.2. The third kappa shape index (κ3) is 3.12. The van der Waals surface area contributed by atoms with Crippen molar-refractivity contribution < 1.29 is 0 Å². The van der Waals surface area contributed by atoms with Crippen molar-refractivity contribution in [2.24, 2.45) is 0 Å². The van der Waals surface area contributed by atoms with Crippen molar-refractivity contribution in [1.29, 1.82) is 0 Å². The van der Waals surface area contributed by atoms with Gasteiger partial charge in [0.15, 0.2) is 0 Å². The normalized spacial score (nSPS) is 11.1. The van der Waals surface area contributed by atoms with Crippen LogP contribution in [-0.4, -0.2) is 29.1 Å². The van der Waals surface area contributed by atoms with E-state index in [2.05, 4.69) is 61.7 Å². The van der Waals surface area contributed by atoms with E-state index in [1.54, 1.807) is 6.33 Å². The van der Waals surface area contributed by atoms with Gasteiger partial charge in [-0.05, 0) is 33.6 Å². The molecule has 1 rings (SSSR count). The summed E-state index contributed by atoms with van der Waals surface area (Å²) in [5, 5.41) is 3.34. The molecular weight excluding hydrogens is 224 g/mol. The first-order valence-electron chi connectivity index (χ1n) is 6.88. The van der Waals surface area contributed by atoms with Gasteiger partial charge in [0, 0.05) is 24.7 Å². The molecule has 18 heavy (non-hydrogen) atoms. The molecular formula is C14H26N4. The Hall–Kier alpha value is -1.32. The smallest absolute Gasteiger partial charge is 0.137 e. The fraction of sp³-hybridized carbons (Fsp3) is 0.714. The van der Waals surface area contributed by atoms with Crippen LogP contribution in [0.4, 0.5) is 11.6 Å². The lowest BCUT2D eigenvalue weighted by atomic mass is 10.0. The number of rotatable bonds is 6. The summed E-state index contributed by atoms with van der Waals surface area (Å²) in [6.45, 7) is 14.9. The van der Waals surface area contributed by atoms with Gasteiger partial charge in [-0.3, -0.25) is 0 Å². The number of aromatic nitrogens is 2. The van der Waals surface area contributed by atoms with Crippen molar-refractivity contribution in [2.75, 3.05) is 23.3 Å². The fourth-order valence-corrected chi connectivity index (χ4v) is 2.21. The van der Waals surface area contributed by atoms with Crippen molar-refractivity contribution in [3.63, 3.8) is 0 Å². The zero-order chi connectivity index (χ0) is 13.7. The molecule has 0 bridgehead atoms. The summed E-state index contributed by atoms with van der Waals surface area (Å²) in [7, 11) is 0. The van der Waals surface area contributed by atoms with Crippen LogP contribution in [0.25, 0.3) is 0 Å². The number of nitrogens with zero attached hydrogens (tertiary/aromatic N) is 3. The van der Waals surface area contributed by atoms with Crippen LogP contribution in [0, 0.1) is 0 Å². The molecule has 1 heterocycles. The summed E-state index contributed by atoms with van der Waals surface area (Å²) in [6, 6.07) is 0.442. The maximum absolute atomic E-state index is 4.51. The Morgan fingerprint density at radius 3 is 2.28 bits per heavy atom. The minimum atomic E-state index is 0.406. The second kappa shape index (κ2) is 6.57. The molecule has 0 spiro atoms. The minimum Gasteiger partial charge on any atom is -0.370 e. The lowest BCUT2D eigenvalue weighted by Crippen LogP contribution is -2.32. The summed E-state index contributed by atoms with van der Waals surface area (Å²) in [6.07, 6.45) is 1.66. The van der Waals surface area contributed by atoms with E-state index in [0.29, 0.717) is 12.0 Å². The first kappa shape index (κ1) is 14.7. The van der Waals surface area contributed by atoms with Crippen molar-refractivity contribution in [3.05, 3.63) is 11.9 Å². The monoisotopic (exact) mass is 250 g/mol. The Labute approximate surface area is 111 Å². The molecule has 0 saturated heterocycles. The lowest BCUT2D eigenvalue weighted by molar-refractivity contribution is 0.680. The van der Waals surface area contributed by atoms with Crippen molar-refractivity contribution in [2.45, 2.75) is 53.5 Å². The van der Waals surface area contributed by atoms with Gasteiger partial charge >= 0.3 is 0 Å². The van der Waals surface area contributed by atoms with Crippen LogP contribution in [0.3, 0.4) is 0 Å². The summed E-state index contributed by atoms with van der Waals surface area (Å²) < 4.78 is 0. The Bertz CT molecular complexity index is 374. The molecule has 102 valence electrons. The molecule has 0 fully saturated rings. The average molecular weight is 250 g/mol. The summed E-state index contributed by atoms with van der Waals surface area (Å²) >= 11 is 0. The first-order chi connectivity index (χ1) is 8.52. The van der Waals surface area contributed by atoms with E-state index in [4.69, 9.17) is 0 Å². The van der Waals surface area contributed by atoms with Gasteiger partial charge in [0.2, 0.25) is 0 Å². The Morgan fingerprint density at radius 2 is 1.83 bits per heavy atom. The zero-order valence-electron chi connectivity index (χ0n) is 12.5. The van der Waals surface area contributed by atoms with Gasteiger partial charge in [-0.15, -0.1) is 0 Å². The van der Waals surface area contributed by atoms with E-state index >= 15 is 0 Å². The van der Waals surface area contributed by atoms with Gasteiger partial charge in [0.25, 0.3) is 0 Å². The SMILES string of the molecule is CCNc1ncnc(N(CC)C(C)C)c1C(C)C. The van der Waals surface area contributed by atoms with E-state index in [1.807, 2.05) is 0 Å². The Balaban J connectivity index is 3.29. The van der Waals surface area contributed by atoms with Gasteiger partial charge in [-0.25, -0.2) is 9.97 Å². The highest BCUT2D eigenvalue weighted by Crippen LogP contribution is 2.31. The molecule has 0 aliphatic carbocycles. The molecule has 0 unspecified atom stereocenters. The molecule has 1 N–H and O–H groups in total. The molecule has 4 nitrogen and oxygen atoms in total. The summed E-state index contributed by atoms with van der Waals surface area (Å²) in [5.41, 5.74) is 1.22. The van der Waals surface area contributed by atoms with Crippen LogP contribution in [0.1, 0.15) is 53.0 Å². The third-order valence-electron chi connectivity index (χ3n) is 3.02. The standard InChI is InChI=1S/C14H26N4/c1-7-15-13-12(10(3)4)14(17-9-16-13)18(8-2)11(5)6/h9-11H,7-8H2,1-6H3,(H,15,16,17). The number of anilines is 2. The third-order valence-corrected chi connectivity index (χ3v) is 3.02. The molecule has 0 aliphatic heterocycles. The lowest BCUT2D eigenvalue weighted by Gasteiger charge is -2.30. The highest BCUT2D eigenvalue weighted by Gasteiger charge is 2.20. The summed E-state index contributed by atoms with van der Waals surface area (Å²) in [5.74, 6) is 2.44. The van der Waals surface area contributed by atoms with Gasteiger partial charge in [-0.2, -0.15) is 0 Å². The molecule has 1 aromatic rings. The van der Waals surface area contributed by atoms with Gasteiger partial charge in [0.1, 0.15) is 18.0 Å². The molecule has 0 atom stereocenters. The maximum Gasteiger partial charge on any atom is 0.137 e. The number of nitrogens with one attached hydrogen (secondary N) is 1. The van der Waals surface area contributed by atoms with E-state index in [-0.39, 0.29) is 0 Å². The second-order valence-corrected chi connectivity index (χ2v) is 5.02. The molecule has 0 aromatic carbocycles. The molecule has 0 radical (unpaired) electrons. The number of hydrogen-bond acceptors (Lipinski definition) is 4. The zero-order valence-corrected chi connectivity index (χ0v) is 12.5. The van der Waals surface area contributed by atoms with E-state index in [0.717, 1.165) is 24.7 Å². The Morgan fingerprint density at radius 1 is 1.17 bits per heavy atom.